The second-order valence-electron chi connectivity index (χ2n) is 8.27. The van der Waals surface area contributed by atoms with E-state index in [-0.39, 0.29) is 36.2 Å². The summed E-state index contributed by atoms with van der Waals surface area (Å²) >= 11 is 0. The number of nitrogens with zero attached hydrogens (tertiary/aromatic N) is 2. The second-order valence-corrected chi connectivity index (χ2v) is 8.27. The quantitative estimate of drug-likeness (QED) is 0.712. The largest absolute Gasteiger partial charge is 0.353 e. The van der Waals surface area contributed by atoms with Gasteiger partial charge in [-0.3, -0.25) is 14.5 Å². The zero-order valence-corrected chi connectivity index (χ0v) is 17.4. The number of hydrogen-bond donors (Lipinski definition) is 3. The fourth-order valence-corrected chi connectivity index (χ4v) is 3.81. The summed E-state index contributed by atoms with van der Waals surface area (Å²) in [4.78, 5) is 35.3. The summed E-state index contributed by atoms with van der Waals surface area (Å²) in [5.74, 6) is 0.697. The number of carbonyl (C=O) groups is 2. The number of hydrogen-bond acceptors (Lipinski definition) is 4. The zero-order chi connectivity index (χ0) is 20.4. The first kappa shape index (κ1) is 20.3. The lowest BCUT2D eigenvalue weighted by Crippen LogP contribution is -2.58. The number of rotatable bonds is 6. The number of carbonyl (C=O) groups excluding carboxylic acids is 2. The van der Waals surface area contributed by atoms with E-state index in [0.717, 1.165) is 29.0 Å². The van der Waals surface area contributed by atoms with E-state index >= 15 is 0 Å². The standard InChI is InChI=1S/C21H31N5O2/c1-12(2)19(20-23-15-7-6-14(5)10-16(15)24-20)25-18(27)11-17-21(28)22-8-9-26(17)13(3)4/h6-7,10,12-13,17,19H,8-9,11H2,1-5H3,(H,22,28)(H,23,24)(H,25,27)/t17-,19+/m0/s1. The van der Waals surface area contributed by atoms with E-state index in [4.69, 9.17) is 0 Å². The molecule has 0 bridgehead atoms. The molecule has 2 atom stereocenters. The van der Waals surface area contributed by atoms with Crippen molar-refractivity contribution >= 4 is 22.8 Å². The monoisotopic (exact) mass is 385 g/mol. The molecule has 1 aliphatic heterocycles. The average Bonchev–Trinajstić information content (AvgIpc) is 3.03. The van der Waals surface area contributed by atoms with Crippen molar-refractivity contribution in [2.45, 2.75) is 59.2 Å². The van der Waals surface area contributed by atoms with Gasteiger partial charge in [0.15, 0.2) is 0 Å². The summed E-state index contributed by atoms with van der Waals surface area (Å²) in [6.07, 6.45) is 0.145. The first-order valence-corrected chi connectivity index (χ1v) is 10.1. The van der Waals surface area contributed by atoms with Gasteiger partial charge >= 0.3 is 0 Å². The Labute approximate surface area is 166 Å². The number of benzene rings is 1. The number of aromatic amines is 1. The molecule has 7 heteroatoms. The fourth-order valence-electron chi connectivity index (χ4n) is 3.81. The third-order valence-electron chi connectivity index (χ3n) is 5.35. The smallest absolute Gasteiger partial charge is 0.237 e. The maximum Gasteiger partial charge on any atom is 0.237 e. The average molecular weight is 386 g/mol. The van der Waals surface area contributed by atoms with Crippen molar-refractivity contribution in [1.29, 1.82) is 0 Å². The van der Waals surface area contributed by atoms with Crippen molar-refractivity contribution in [2.24, 2.45) is 5.92 Å². The van der Waals surface area contributed by atoms with Crippen molar-refractivity contribution in [2.75, 3.05) is 13.1 Å². The van der Waals surface area contributed by atoms with Crippen LogP contribution in [-0.4, -0.2) is 51.9 Å². The molecule has 0 aliphatic carbocycles. The van der Waals surface area contributed by atoms with Crippen LogP contribution in [0.2, 0.25) is 0 Å². The molecule has 2 amide bonds. The number of nitrogens with one attached hydrogen (secondary N) is 3. The molecule has 1 saturated heterocycles. The Kier molecular flexibility index (Phi) is 6.03. The highest BCUT2D eigenvalue weighted by Crippen LogP contribution is 2.23. The normalized spacial score (nSPS) is 19.2. The lowest BCUT2D eigenvalue weighted by atomic mass is 10.0. The molecule has 152 valence electrons. The van der Waals surface area contributed by atoms with E-state index in [9.17, 15) is 9.59 Å². The molecule has 1 aromatic carbocycles. The van der Waals surface area contributed by atoms with E-state index in [1.165, 1.54) is 0 Å². The van der Waals surface area contributed by atoms with E-state index in [0.29, 0.717) is 6.54 Å². The zero-order valence-electron chi connectivity index (χ0n) is 17.4. The lowest BCUT2D eigenvalue weighted by molar-refractivity contribution is -0.135. The van der Waals surface area contributed by atoms with Crippen molar-refractivity contribution in [3.63, 3.8) is 0 Å². The molecule has 3 N–H and O–H groups in total. The van der Waals surface area contributed by atoms with Gasteiger partial charge in [0, 0.05) is 19.1 Å². The molecule has 1 aliphatic rings. The van der Waals surface area contributed by atoms with Crippen LogP contribution in [0.25, 0.3) is 11.0 Å². The van der Waals surface area contributed by atoms with Crippen molar-refractivity contribution in [1.82, 2.24) is 25.5 Å². The molecule has 0 saturated carbocycles. The Morgan fingerprint density at radius 2 is 2.07 bits per heavy atom. The van der Waals surface area contributed by atoms with Gasteiger partial charge < -0.3 is 15.6 Å². The summed E-state index contributed by atoms with van der Waals surface area (Å²) in [6, 6.07) is 5.61. The van der Waals surface area contributed by atoms with Gasteiger partial charge in [0.25, 0.3) is 0 Å². The molecule has 1 aromatic heterocycles. The number of amides is 2. The second kappa shape index (κ2) is 8.31. The maximum absolute atomic E-state index is 12.8. The Morgan fingerprint density at radius 3 is 2.75 bits per heavy atom. The van der Waals surface area contributed by atoms with Gasteiger partial charge in [-0.2, -0.15) is 0 Å². The predicted octanol–water partition coefficient (Wildman–Crippen LogP) is 2.28. The maximum atomic E-state index is 12.8. The Bertz CT molecular complexity index is 858. The van der Waals surface area contributed by atoms with Crippen LogP contribution in [0, 0.1) is 12.8 Å². The minimum atomic E-state index is -0.431. The molecule has 0 unspecified atom stereocenters. The molecule has 0 radical (unpaired) electrons. The molecule has 7 nitrogen and oxygen atoms in total. The van der Waals surface area contributed by atoms with Gasteiger partial charge in [-0.05, 0) is 44.4 Å². The lowest BCUT2D eigenvalue weighted by Gasteiger charge is -2.37. The highest BCUT2D eigenvalue weighted by molar-refractivity contribution is 5.89. The highest BCUT2D eigenvalue weighted by atomic mass is 16.2. The predicted molar refractivity (Wildman–Crippen MR) is 110 cm³/mol. The topological polar surface area (TPSA) is 90.1 Å². The number of piperazine rings is 1. The van der Waals surface area contributed by atoms with E-state index in [1.807, 2.05) is 19.1 Å². The first-order valence-electron chi connectivity index (χ1n) is 10.1. The Balaban J connectivity index is 1.76. The number of imidazole rings is 1. The van der Waals surface area contributed by atoms with Gasteiger partial charge in [0.2, 0.25) is 11.8 Å². The molecule has 2 aromatic rings. The highest BCUT2D eigenvalue weighted by Gasteiger charge is 2.34. The van der Waals surface area contributed by atoms with Crippen LogP contribution in [0.4, 0.5) is 0 Å². The van der Waals surface area contributed by atoms with Gasteiger partial charge in [-0.1, -0.05) is 19.9 Å². The molecule has 3 rings (SSSR count). The van der Waals surface area contributed by atoms with Crippen LogP contribution in [0.5, 0.6) is 0 Å². The molecule has 2 heterocycles. The van der Waals surface area contributed by atoms with Gasteiger partial charge in [-0.25, -0.2) is 4.98 Å². The van der Waals surface area contributed by atoms with E-state index in [2.05, 4.69) is 59.3 Å². The van der Waals surface area contributed by atoms with E-state index < -0.39 is 6.04 Å². The van der Waals surface area contributed by atoms with Gasteiger partial charge in [0.05, 0.1) is 29.5 Å². The first-order chi connectivity index (χ1) is 13.3. The Morgan fingerprint density at radius 1 is 1.32 bits per heavy atom. The Hall–Kier alpha value is -2.41. The van der Waals surface area contributed by atoms with Gasteiger partial charge in [-0.15, -0.1) is 0 Å². The summed E-state index contributed by atoms with van der Waals surface area (Å²) in [5, 5.41) is 5.97. The van der Waals surface area contributed by atoms with Crippen LogP contribution in [0.3, 0.4) is 0 Å². The third-order valence-corrected chi connectivity index (χ3v) is 5.35. The number of aromatic nitrogens is 2. The van der Waals surface area contributed by atoms with Crippen molar-refractivity contribution < 1.29 is 9.59 Å². The van der Waals surface area contributed by atoms with Gasteiger partial charge in [0.1, 0.15) is 5.82 Å². The van der Waals surface area contributed by atoms with Crippen LogP contribution < -0.4 is 10.6 Å². The summed E-state index contributed by atoms with van der Waals surface area (Å²) in [5.41, 5.74) is 3.01. The van der Waals surface area contributed by atoms with Crippen molar-refractivity contribution in [3.8, 4) is 0 Å². The molecular formula is C21H31N5O2. The van der Waals surface area contributed by atoms with Crippen LogP contribution in [0.1, 0.15) is 51.5 Å². The van der Waals surface area contributed by atoms with E-state index in [1.54, 1.807) is 0 Å². The fraction of sp³-hybridized carbons (Fsp3) is 0.571. The van der Waals surface area contributed by atoms with Crippen LogP contribution >= 0.6 is 0 Å². The third kappa shape index (κ3) is 4.35. The SMILES string of the molecule is Cc1ccc2nc([C@H](NC(=O)C[C@H]3C(=O)NCCN3C(C)C)C(C)C)[nH]c2c1. The molecule has 1 fully saturated rings. The summed E-state index contributed by atoms with van der Waals surface area (Å²) in [7, 11) is 0. The summed E-state index contributed by atoms with van der Waals surface area (Å²) in [6.45, 7) is 11.6. The summed E-state index contributed by atoms with van der Waals surface area (Å²) < 4.78 is 0. The molecular weight excluding hydrogens is 354 g/mol. The minimum Gasteiger partial charge on any atom is -0.353 e. The number of aryl methyl sites for hydroxylation is 1. The molecule has 0 spiro atoms. The minimum absolute atomic E-state index is 0.0737. The van der Waals surface area contributed by atoms with Crippen molar-refractivity contribution in [3.05, 3.63) is 29.6 Å². The number of fused-ring (bicyclic) bond motifs is 1. The molecule has 28 heavy (non-hydrogen) atoms. The van der Waals surface area contributed by atoms with Crippen LogP contribution in [-0.2, 0) is 9.59 Å². The number of H-pyrrole nitrogens is 1. The van der Waals surface area contributed by atoms with Crippen LogP contribution in [0.15, 0.2) is 18.2 Å².